The molecule has 6 nitrogen and oxygen atoms in total. The van der Waals surface area contributed by atoms with Gasteiger partial charge >= 0.3 is 0 Å². The maximum absolute atomic E-state index is 12.4. The van der Waals surface area contributed by atoms with Gasteiger partial charge in [-0.3, -0.25) is 9.59 Å². The Hall–Kier alpha value is -2.61. The highest BCUT2D eigenvalue weighted by atomic mass is 35.5. The maximum atomic E-state index is 12.4. The summed E-state index contributed by atoms with van der Waals surface area (Å²) in [6, 6.07) is 13.7. The van der Waals surface area contributed by atoms with Gasteiger partial charge in [0.2, 0.25) is 0 Å². The normalized spacial score (nSPS) is 11.1. The Morgan fingerprint density at radius 1 is 1.04 bits per heavy atom. The molecule has 4 aromatic rings. The van der Waals surface area contributed by atoms with Gasteiger partial charge in [-0.25, -0.2) is 9.67 Å². The molecule has 9 heteroatoms. The van der Waals surface area contributed by atoms with Gasteiger partial charge in [0.05, 0.1) is 17.6 Å². The molecule has 0 fully saturated rings. The number of aromatic amines is 1. The minimum absolute atomic E-state index is 0.0874. The number of carbonyl (C=O) groups excluding carboxylic acids is 1. The van der Waals surface area contributed by atoms with Crippen LogP contribution in [-0.4, -0.2) is 31.3 Å². The Morgan fingerprint density at radius 2 is 1.68 bits per heavy atom. The molecule has 0 saturated carbocycles. The molecule has 140 valence electrons. The van der Waals surface area contributed by atoms with Gasteiger partial charge in [0.15, 0.2) is 16.6 Å². The van der Waals surface area contributed by atoms with Crippen LogP contribution in [-0.2, 0) is 0 Å². The molecular weight excluding hydrogens is 419 g/mol. The van der Waals surface area contributed by atoms with E-state index in [0.717, 1.165) is 17.4 Å². The van der Waals surface area contributed by atoms with Crippen LogP contribution in [0.1, 0.15) is 10.4 Å². The fraction of sp³-hybridized carbons (Fsp3) is 0.0526. The lowest BCUT2D eigenvalue weighted by molar-refractivity contribution is 0.102. The van der Waals surface area contributed by atoms with E-state index in [0.29, 0.717) is 31.8 Å². The molecule has 0 amide bonds. The van der Waals surface area contributed by atoms with E-state index in [9.17, 15) is 9.59 Å². The number of thioether (sulfide) groups is 1. The highest BCUT2D eigenvalue weighted by Gasteiger charge is 2.13. The summed E-state index contributed by atoms with van der Waals surface area (Å²) in [4.78, 5) is 31.9. The molecule has 0 aliphatic carbocycles. The molecular formula is C19H12Cl2N4O2S. The van der Waals surface area contributed by atoms with Crippen LogP contribution < -0.4 is 5.56 Å². The predicted octanol–water partition coefficient (Wildman–Crippen LogP) is 4.39. The third kappa shape index (κ3) is 3.82. The fourth-order valence-corrected chi connectivity index (χ4v) is 3.59. The number of hydrogen-bond donors (Lipinski definition) is 1. The topological polar surface area (TPSA) is 80.6 Å². The number of benzene rings is 2. The summed E-state index contributed by atoms with van der Waals surface area (Å²) >= 11 is 12.9. The van der Waals surface area contributed by atoms with Crippen molar-refractivity contribution < 1.29 is 4.79 Å². The molecule has 1 N–H and O–H groups in total. The molecule has 4 rings (SSSR count). The SMILES string of the molecule is O=C(CSc1nc2c(cnn2-c2ccc(Cl)cc2)c(=O)[nH]1)c1ccc(Cl)cc1. The first kappa shape index (κ1) is 18.7. The molecule has 0 aliphatic heterocycles. The van der Waals surface area contributed by atoms with E-state index in [1.54, 1.807) is 53.2 Å². The van der Waals surface area contributed by atoms with E-state index < -0.39 is 0 Å². The third-order valence-corrected chi connectivity index (χ3v) is 5.37. The Labute approximate surface area is 173 Å². The fourth-order valence-electron chi connectivity index (χ4n) is 2.59. The van der Waals surface area contributed by atoms with E-state index in [1.165, 1.54) is 6.20 Å². The monoisotopic (exact) mass is 430 g/mol. The Bertz CT molecular complexity index is 1220. The lowest BCUT2D eigenvalue weighted by Crippen LogP contribution is -2.11. The molecule has 2 heterocycles. The van der Waals surface area contributed by atoms with Crippen LogP contribution in [0.2, 0.25) is 10.0 Å². The standard InChI is InChI=1S/C19H12Cl2N4O2S/c20-12-3-1-11(2-4-12)16(26)10-28-19-23-17-15(18(27)24-19)9-22-25(17)14-7-5-13(21)6-8-14/h1-9H,10H2,(H,23,24,27). The zero-order chi connectivity index (χ0) is 19.7. The molecule has 2 aromatic heterocycles. The second kappa shape index (κ2) is 7.79. The predicted molar refractivity (Wildman–Crippen MR) is 111 cm³/mol. The summed E-state index contributed by atoms with van der Waals surface area (Å²) in [6.07, 6.45) is 1.46. The summed E-state index contributed by atoms with van der Waals surface area (Å²) in [5.41, 5.74) is 1.37. The van der Waals surface area contributed by atoms with Crippen LogP contribution in [0, 0.1) is 0 Å². The van der Waals surface area contributed by atoms with Gasteiger partial charge in [0, 0.05) is 15.6 Å². The van der Waals surface area contributed by atoms with Crippen molar-refractivity contribution in [3.63, 3.8) is 0 Å². The number of fused-ring (bicyclic) bond motifs is 1. The smallest absolute Gasteiger partial charge is 0.262 e. The van der Waals surface area contributed by atoms with Crippen molar-refractivity contribution in [3.05, 3.63) is 80.7 Å². The van der Waals surface area contributed by atoms with Gasteiger partial charge in [-0.1, -0.05) is 35.0 Å². The molecule has 0 spiro atoms. The molecule has 0 atom stereocenters. The minimum atomic E-state index is -0.313. The zero-order valence-corrected chi connectivity index (χ0v) is 16.6. The van der Waals surface area contributed by atoms with E-state index in [2.05, 4.69) is 15.1 Å². The van der Waals surface area contributed by atoms with Gasteiger partial charge < -0.3 is 4.98 Å². The quantitative estimate of drug-likeness (QED) is 0.288. The van der Waals surface area contributed by atoms with E-state index in [1.807, 2.05) is 0 Å². The summed E-state index contributed by atoms with van der Waals surface area (Å²) in [5.74, 6) is 0.0427. The van der Waals surface area contributed by atoms with Crippen molar-refractivity contribution in [2.24, 2.45) is 0 Å². The van der Waals surface area contributed by atoms with Crippen molar-refractivity contribution in [2.75, 3.05) is 5.75 Å². The number of Topliss-reactive ketones (excluding diaryl/α,β-unsaturated/α-hetero) is 1. The number of nitrogens with one attached hydrogen (secondary N) is 1. The van der Waals surface area contributed by atoms with E-state index >= 15 is 0 Å². The van der Waals surface area contributed by atoms with Gasteiger partial charge in [-0.2, -0.15) is 5.10 Å². The summed E-state index contributed by atoms with van der Waals surface area (Å²) < 4.78 is 1.56. The second-order valence-corrected chi connectivity index (χ2v) is 7.70. The highest BCUT2D eigenvalue weighted by molar-refractivity contribution is 7.99. The zero-order valence-electron chi connectivity index (χ0n) is 14.2. The lowest BCUT2D eigenvalue weighted by Gasteiger charge is -2.05. The highest BCUT2D eigenvalue weighted by Crippen LogP contribution is 2.20. The number of ketones is 1. The molecule has 0 bridgehead atoms. The average Bonchev–Trinajstić information content (AvgIpc) is 3.12. The molecule has 0 saturated heterocycles. The van der Waals surface area contributed by atoms with Gasteiger partial charge in [-0.15, -0.1) is 0 Å². The number of carbonyl (C=O) groups is 1. The van der Waals surface area contributed by atoms with E-state index in [4.69, 9.17) is 23.2 Å². The van der Waals surface area contributed by atoms with Crippen LogP contribution in [0.25, 0.3) is 16.7 Å². The number of halogens is 2. The lowest BCUT2D eigenvalue weighted by atomic mass is 10.1. The minimum Gasteiger partial charge on any atom is -0.301 e. The van der Waals surface area contributed by atoms with Crippen molar-refractivity contribution in [1.82, 2.24) is 19.7 Å². The van der Waals surface area contributed by atoms with Crippen LogP contribution in [0.3, 0.4) is 0 Å². The van der Waals surface area contributed by atoms with Crippen LogP contribution in [0.15, 0.2) is 64.7 Å². The average molecular weight is 431 g/mol. The maximum Gasteiger partial charge on any atom is 0.262 e. The Kier molecular flexibility index (Phi) is 5.21. The summed E-state index contributed by atoms with van der Waals surface area (Å²) in [6.45, 7) is 0. The first-order chi connectivity index (χ1) is 13.5. The summed E-state index contributed by atoms with van der Waals surface area (Å²) in [5, 5.41) is 6.12. The summed E-state index contributed by atoms with van der Waals surface area (Å²) in [7, 11) is 0. The van der Waals surface area contributed by atoms with Gasteiger partial charge in [0.25, 0.3) is 5.56 Å². The number of H-pyrrole nitrogens is 1. The van der Waals surface area contributed by atoms with Crippen LogP contribution in [0.4, 0.5) is 0 Å². The molecule has 0 aliphatic rings. The third-order valence-electron chi connectivity index (χ3n) is 3.99. The Morgan fingerprint density at radius 3 is 2.36 bits per heavy atom. The van der Waals surface area contributed by atoms with Crippen molar-refractivity contribution >= 4 is 51.8 Å². The number of aromatic nitrogens is 4. The Balaban J connectivity index is 1.62. The van der Waals surface area contributed by atoms with Crippen molar-refractivity contribution in [3.8, 4) is 5.69 Å². The first-order valence-corrected chi connectivity index (χ1v) is 9.91. The van der Waals surface area contributed by atoms with Crippen molar-refractivity contribution in [1.29, 1.82) is 0 Å². The molecule has 2 aromatic carbocycles. The van der Waals surface area contributed by atoms with Crippen LogP contribution >= 0.6 is 35.0 Å². The molecule has 0 unspecified atom stereocenters. The number of rotatable bonds is 5. The number of nitrogens with zero attached hydrogens (tertiary/aromatic N) is 3. The van der Waals surface area contributed by atoms with Crippen molar-refractivity contribution in [2.45, 2.75) is 5.16 Å². The molecule has 28 heavy (non-hydrogen) atoms. The van der Waals surface area contributed by atoms with Crippen LogP contribution in [0.5, 0.6) is 0 Å². The largest absolute Gasteiger partial charge is 0.301 e. The second-order valence-electron chi connectivity index (χ2n) is 5.86. The van der Waals surface area contributed by atoms with Gasteiger partial charge in [0.1, 0.15) is 5.39 Å². The number of hydrogen-bond acceptors (Lipinski definition) is 5. The van der Waals surface area contributed by atoms with Gasteiger partial charge in [-0.05, 0) is 48.5 Å². The molecule has 0 radical (unpaired) electrons. The van der Waals surface area contributed by atoms with E-state index in [-0.39, 0.29) is 17.1 Å². The first-order valence-electron chi connectivity index (χ1n) is 8.17.